The Morgan fingerprint density at radius 3 is 2.59 bits per heavy atom. The first kappa shape index (κ1) is 13.0. The number of nitrogens with two attached hydrogens (primary N) is 1. The Labute approximate surface area is 102 Å². The fourth-order valence-electron chi connectivity index (χ4n) is 1.73. The highest BCUT2D eigenvalue weighted by Gasteiger charge is 2.35. The van der Waals surface area contributed by atoms with E-state index in [0.29, 0.717) is 19.3 Å². The monoisotopic (exact) mass is 228 g/mol. The summed E-state index contributed by atoms with van der Waals surface area (Å²) in [6.07, 6.45) is 2.95. The molecule has 0 unspecified atom stereocenters. The van der Waals surface area contributed by atoms with Gasteiger partial charge in [0, 0.05) is 0 Å². The lowest BCUT2D eigenvalue weighted by Crippen LogP contribution is -2.36. The minimum absolute atomic E-state index is 0.297. The van der Waals surface area contributed by atoms with Crippen molar-refractivity contribution in [2.45, 2.75) is 19.3 Å². The van der Waals surface area contributed by atoms with E-state index in [0.717, 1.165) is 5.56 Å². The Bertz CT molecular complexity index is 433. The van der Waals surface area contributed by atoms with Crippen molar-refractivity contribution in [2.24, 2.45) is 11.1 Å². The van der Waals surface area contributed by atoms with Crippen LogP contribution < -0.4 is 5.73 Å². The van der Waals surface area contributed by atoms with Gasteiger partial charge in [0.1, 0.15) is 5.41 Å². The summed E-state index contributed by atoms with van der Waals surface area (Å²) < 4.78 is 0. The third kappa shape index (κ3) is 3.18. The highest BCUT2D eigenvalue weighted by Crippen LogP contribution is 2.27. The van der Waals surface area contributed by atoms with E-state index in [9.17, 15) is 4.79 Å². The quantitative estimate of drug-likeness (QED) is 0.758. The molecule has 1 aromatic rings. The summed E-state index contributed by atoms with van der Waals surface area (Å²) in [4.78, 5) is 11.4. The number of carbonyl (C=O) groups excluding carboxylic acids is 1. The lowest BCUT2D eigenvalue weighted by molar-refractivity contribution is -0.125. The van der Waals surface area contributed by atoms with Crippen LogP contribution in [-0.2, 0) is 11.2 Å². The van der Waals surface area contributed by atoms with E-state index in [1.165, 1.54) is 0 Å². The standard InChI is InChI=1S/C14H16N2O/c1-2-9-14(11-15,13(16)17)10-8-12-6-4-3-5-7-12/h2-7H,1,8-10H2,(H2,16,17)/t14-/m1/s1. The van der Waals surface area contributed by atoms with Gasteiger partial charge in [-0.05, 0) is 24.8 Å². The molecular weight excluding hydrogens is 212 g/mol. The Morgan fingerprint density at radius 1 is 1.47 bits per heavy atom. The lowest BCUT2D eigenvalue weighted by atomic mass is 9.80. The summed E-state index contributed by atoms with van der Waals surface area (Å²) in [7, 11) is 0. The Morgan fingerprint density at radius 2 is 2.12 bits per heavy atom. The third-order valence-corrected chi connectivity index (χ3v) is 2.86. The van der Waals surface area contributed by atoms with E-state index in [1.54, 1.807) is 6.08 Å². The Kier molecular flexibility index (Phi) is 4.47. The van der Waals surface area contributed by atoms with E-state index in [2.05, 4.69) is 6.58 Å². The minimum atomic E-state index is -1.13. The molecule has 0 radical (unpaired) electrons. The Hall–Kier alpha value is -2.08. The maximum atomic E-state index is 11.4. The van der Waals surface area contributed by atoms with Gasteiger partial charge in [0.2, 0.25) is 5.91 Å². The fourth-order valence-corrected chi connectivity index (χ4v) is 1.73. The first-order valence-corrected chi connectivity index (χ1v) is 5.50. The summed E-state index contributed by atoms with van der Waals surface area (Å²) >= 11 is 0. The van der Waals surface area contributed by atoms with Crippen LogP contribution in [0.15, 0.2) is 43.0 Å². The van der Waals surface area contributed by atoms with Gasteiger partial charge in [-0.1, -0.05) is 36.4 Å². The molecule has 1 aromatic carbocycles. The summed E-state index contributed by atoms with van der Waals surface area (Å²) in [6, 6.07) is 11.8. The topological polar surface area (TPSA) is 66.9 Å². The van der Waals surface area contributed by atoms with Gasteiger partial charge < -0.3 is 5.73 Å². The zero-order valence-electron chi connectivity index (χ0n) is 9.73. The fraction of sp³-hybridized carbons (Fsp3) is 0.286. The molecule has 3 heteroatoms. The molecule has 3 nitrogen and oxygen atoms in total. The summed E-state index contributed by atoms with van der Waals surface area (Å²) in [5, 5.41) is 9.16. The van der Waals surface area contributed by atoms with Gasteiger partial charge in [0.25, 0.3) is 0 Å². The number of benzene rings is 1. The number of nitrogens with zero attached hydrogens (tertiary/aromatic N) is 1. The first-order valence-electron chi connectivity index (χ1n) is 5.50. The molecule has 0 spiro atoms. The number of hydrogen-bond donors (Lipinski definition) is 1. The number of nitriles is 1. The predicted octanol–water partition coefficient (Wildman–Crippen LogP) is 2.19. The van der Waals surface area contributed by atoms with Gasteiger partial charge in [-0.15, -0.1) is 6.58 Å². The number of primary amides is 1. The number of aryl methyl sites for hydroxylation is 1. The second kappa shape index (κ2) is 5.86. The van der Waals surface area contributed by atoms with E-state index < -0.39 is 11.3 Å². The summed E-state index contributed by atoms with van der Waals surface area (Å²) in [6.45, 7) is 3.57. The number of rotatable bonds is 6. The number of allylic oxidation sites excluding steroid dienone is 1. The van der Waals surface area contributed by atoms with E-state index in [1.807, 2.05) is 36.4 Å². The van der Waals surface area contributed by atoms with Crippen molar-refractivity contribution in [3.05, 3.63) is 48.6 Å². The number of hydrogen-bond acceptors (Lipinski definition) is 2. The molecule has 1 rings (SSSR count). The number of carbonyl (C=O) groups is 1. The zero-order chi connectivity index (χ0) is 12.7. The average Bonchev–Trinajstić information content (AvgIpc) is 2.35. The van der Waals surface area contributed by atoms with Crippen molar-refractivity contribution in [2.75, 3.05) is 0 Å². The molecule has 0 aliphatic carbocycles. The van der Waals surface area contributed by atoms with Crippen LogP contribution in [0.4, 0.5) is 0 Å². The smallest absolute Gasteiger partial charge is 0.238 e. The van der Waals surface area contributed by atoms with E-state index in [4.69, 9.17) is 11.0 Å². The molecule has 88 valence electrons. The molecule has 0 aliphatic heterocycles. The predicted molar refractivity (Wildman–Crippen MR) is 66.8 cm³/mol. The zero-order valence-corrected chi connectivity index (χ0v) is 9.73. The van der Waals surface area contributed by atoms with Crippen LogP contribution in [0.25, 0.3) is 0 Å². The molecule has 0 bridgehead atoms. The second-order valence-corrected chi connectivity index (χ2v) is 4.04. The van der Waals surface area contributed by atoms with Crippen LogP contribution >= 0.6 is 0 Å². The van der Waals surface area contributed by atoms with Gasteiger partial charge in [-0.25, -0.2) is 0 Å². The van der Waals surface area contributed by atoms with Crippen molar-refractivity contribution in [1.29, 1.82) is 5.26 Å². The van der Waals surface area contributed by atoms with Gasteiger partial charge in [0.05, 0.1) is 6.07 Å². The van der Waals surface area contributed by atoms with Crippen molar-refractivity contribution in [3.63, 3.8) is 0 Å². The van der Waals surface area contributed by atoms with Crippen LogP contribution in [0, 0.1) is 16.7 Å². The van der Waals surface area contributed by atoms with Gasteiger partial charge >= 0.3 is 0 Å². The van der Waals surface area contributed by atoms with Gasteiger partial charge in [0.15, 0.2) is 0 Å². The maximum Gasteiger partial charge on any atom is 0.238 e. The molecule has 0 aliphatic rings. The van der Waals surface area contributed by atoms with E-state index in [-0.39, 0.29) is 0 Å². The van der Waals surface area contributed by atoms with Crippen LogP contribution in [0.2, 0.25) is 0 Å². The van der Waals surface area contributed by atoms with Gasteiger partial charge in [-0.3, -0.25) is 4.79 Å². The minimum Gasteiger partial charge on any atom is -0.368 e. The largest absolute Gasteiger partial charge is 0.368 e. The van der Waals surface area contributed by atoms with Crippen molar-refractivity contribution >= 4 is 5.91 Å². The van der Waals surface area contributed by atoms with Crippen LogP contribution in [0.1, 0.15) is 18.4 Å². The van der Waals surface area contributed by atoms with Crippen molar-refractivity contribution in [3.8, 4) is 6.07 Å². The molecule has 1 atom stereocenters. The normalized spacial score (nSPS) is 13.4. The summed E-state index contributed by atoms with van der Waals surface area (Å²) in [5.74, 6) is -0.573. The molecule has 2 N–H and O–H groups in total. The molecular formula is C14H16N2O. The van der Waals surface area contributed by atoms with Gasteiger partial charge in [-0.2, -0.15) is 5.26 Å². The van der Waals surface area contributed by atoms with Crippen molar-refractivity contribution in [1.82, 2.24) is 0 Å². The van der Waals surface area contributed by atoms with Crippen molar-refractivity contribution < 1.29 is 4.79 Å². The molecule has 0 fully saturated rings. The molecule has 1 amide bonds. The highest BCUT2D eigenvalue weighted by molar-refractivity contribution is 5.83. The highest BCUT2D eigenvalue weighted by atomic mass is 16.1. The average molecular weight is 228 g/mol. The second-order valence-electron chi connectivity index (χ2n) is 4.04. The molecule has 0 aromatic heterocycles. The van der Waals surface area contributed by atoms with E-state index >= 15 is 0 Å². The SMILES string of the molecule is C=CC[C@](C#N)(CCc1ccccc1)C(N)=O. The van der Waals surface area contributed by atoms with Crippen LogP contribution in [0.5, 0.6) is 0 Å². The summed E-state index contributed by atoms with van der Waals surface area (Å²) in [5.41, 5.74) is 5.29. The number of amides is 1. The molecule has 0 heterocycles. The Balaban J connectivity index is 2.78. The third-order valence-electron chi connectivity index (χ3n) is 2.86. The van der Waals surface area contributed by atoms with Crippen LogP contribution in [-0.4, -0.2) is 5.91 Å². The molecule has 0 saturated carbocycles. The molecule has 17 heavy (non-hydrogen) atoms. The first-order chi connectivity index (χ1) is 8.14. The maximum absolute atomic E-state index is 11.4. The molecule has 0 saturated heterocycles. The van der Waals surface area contributed by atoms with Crippen LogP contribution in [0.3, 0.4) is 0 Å². The lowest BCUT2D eigenvalue weighted by Gasteiger charge is -2.21.